The molecule has 6 heteroatoms. The van der Waals surface area contributed by atoms with Crippen LogP contribution in [0.1, 0.15) is 76.3 Å². The van der Waals surface area contributed by atoms with Crippen LogP contribution in [0, 0.1) is 0 Å². The normalized spacial score (nSPS) is 28.6. The zero-order chi connectivity index (χ0) is 23.0. The first-order chi connectivity index (χ1) is 16.0. The lowest BCUT2D eigenvalue weighted by Gasteiger charge is -2.51. The van der Waals surface area contributed by atoms with Crippen LogP contribution in [-0.4, -0.2) is 71.1 Å². The molecule has 4 aliphatic heterocycles. The molecule has 0 N–H and O–H groups in total. The smallest absolute Gasteiger partial charge is 0.410 e. The van der Waals surface area contributed by atoms with Crippen molar-refractivity contribution in [2.75, 3.05) is 26.2 Å². The van der Waals surface area contributed by atoms with E-state index in [1.807, 2.05) is 11.8 Å². The van der Waals surface area contributed by atoms with Gasteiger partial charge in [0, 0.05) is 43.1 Å². The lowest BCUT2D eigenvalue weighted by atomic mass is 9.68. The molecular weight excluding hydrogens is 414 g/mol. The third-order valence-electron chi connectivity index (χ3n) is 8.72. The van der Waals surface area contributed by atoms with Crippen LogP contribution in [0.15, 0.2) is 24.3 Å². The quantitative estimate of drug-likeness (QED) is 0.682. The van der Waals surface area contributed by atoms with E-state index in [0.717, 1.165) is 71.1 Å². The van der Waals surface area contributed by atoms with E-state index in [0.29, 0.717) is 37.1 Å². The molecule has 3 saturated heterocycles. The van der Waals surface area contributed by atoms with Gasteiger partial charge in [-0.2, -0.15) is 0 Å². The first kappa shape index (κ1) is 22.7. The van der Waals surface area contributed by atoms with E-state index in [1.54, 1.807) is 0 Å². The van der Waals surface area contributed by atoms with E-state index < -0.39 is 0 Å². The van der Waals surface area contributed by atoms with E-state index in [1.165, 1.54) is 11.1 Å². The van der Waals surface area contributed by atoms with Crippen LogP contribution in [-0.2, 0) is 21.5 Å². The number of hydrogen-bond acceptors (Lipinski definition) is 4. The molecule has 2 unspecified atom stereocenters. The number of benzene rings is 1. The van der Waals surface area contributed by atoms with Crippen molar-refractivity contribution in [3.8, 4) is 0 Å². The first-order valence-electron chi connectivity index (χ1n) is 13.1. The molecule has 3 fully saturated rings. The molecule has 1 spiro atoms. The Kier molecular flexibility index (Phi) is 6.39. The van der Waals surface area contributed by atoms with Crippen molar-refractivity contribution in [1.29, 1.82) is 0 Å². The number of nitrogens with zero attached hydrogens (tertiary/aromatic N) is 3. The first-order valence-corrected chi connectivity index (χ1v) is 13.1. The van der Waals surface area contributed by atoms with Gasteiger partial charge in [-0.05, 0) is 76.1 Å². The highest BCUT2D eigenvalue weighted by Crippen LogP contribution is 2.44. The lowest BCUT2D eigenvalue weighted by Crippen LogP contribution is -2.57. The summed E-state index contributed by atoms with van der Waals surface area (Å²) >= 11 is 0. The van der Waals surface area contributed by atoms with Crippen LogP contribution < -0.4 is 0 Å². The minimum atomic E-state index is -0.114. The predicted molar refractivity (Wildman–Crippen MR) is 128 cm³/mol. The number of piperidine rings is 2. The zero-order valence-corrected chi connectivity index (χ0v) is 20.3. The van der Waals surface area contributed by atoms with E-state index in [4.69, 9.17) is 4.74 Å². The molecule has 0 aliphatic carbocycles. The van der Waals surface area contributed by atoms with Gasteiger partial charge in [0.2, 0.25) is 5.91 Å². The number of carbonyl (C=O) groups excluding carboxylic acids is 2. The number of amides is 2. The van der Waals surface area contributed by atoms with Gasteiger partial charge in [-0.25, -0.2) is 4.79 Å². The molecule has 4 heterocycles. The lowest BCUT2D eigenvalue weighted by molar-refractivity contribution is -0.134. The van der Waals surface area contributed by atoms with Gasteiger partial charge in [0.1, 0.15) is 0 Å². The van der Waals surface area contributed by atoms with Crippen LogP contribution in [0.3, 0.4) is 0 Å². The molecule has 33 heavy (non-hydrogen) atoms. The summed E-state index contributed by atoms with van der Waals surface area (Å²) in [6.07, 6.45) is 8.01. The van der Waals surface area contributed by atoms with E-state index >= 15 is 0 Å². The second kappa shape index (κ2) is 9.28. The third kappa shape index (κ3) is 4.16. The molecule has 1 aromatic rings. The molecule has 2 atom stereocenters. The number of carbonyl (C=O) groups is 2. The fourth-order valence-corrected chi connectivity index (χ4v) is 7.12. The second-order valence-corrected chi connectivity index (χ2v) is 10.6. The fourth-order valence-electron chi connectivity index (χ4n) is 7.12. The summed E-state index contributed by atoms with van der Waals surface area (Å²) in [6, 6.07) is 10.0. The topological polar surface area (TPSA) is 53.1 Å². The maximum Gasteiger partial charge on any atom is 0.410 e. The molecule has 4 aliphatic rings. The summed E-state index contributed by atoms with van der Waals surface area (Å²) in [5, 5.41) is 0. The van der Waals surface area contributed by atoms with Crippen LogP contribution in [0.2, 0.25) is 0 Å². The highest BCUT2D eigenvalue weighted by Gasteiger charge is 2.48. The third-order valence-corrected chi connectivity index (χ3v) is 8.72. The van der Waals surface area contributed by atoms with Gasteiger partial charge in [0.15, 0.2) is 0 Å². The Balaban J connectivity index is 1.28. The Labute approximate surface area is 198 Å². The standard InChI is InChI=1S/C27H39N3O3/c1-3-7-25(31)29-18-20-8-5-6-9-24(20)27(19-29)12-14-28(15-13-27)23-16-21-10-11-22(17-23)30(21)26(32)33-4-2/h5-6,8-9,21-23H,3-4,7,10-19H2,1-2H3. The number of ether oxygens (including phenoxy) is 1. The molecular formula is C27H39N3O3. The van der Waals surface area contributed by atoms with Gasteiger partial charge in [-0.15, -0.1) is 0 Å². The monoisotopic (exact) mass is 453 g/mol. The molecule has 2 amide bonds. The highest BCUT2D eigenvalue weighted by atomic mass is 16.6. The van der Waals surface area contributed by atoms with E-state index in [-0.39, 0.29) is 11.5 Å². The maximum atomic E-state index is 12.8. The van der Waals surface area contributed by atoms with E-state index in [2.05, 4.69) is 41.0 Å². The van der Waals surface area contributed by atoms with Gasteiger partial charge < -0.3 is 19.4 Å². The minimum absolute atomic E-state index is 0.0827. The Bertz CT molecular complexity index is 865. The van der Waals surface area contributed by atoms with Crippen LogP contribution in [0.25, 0.3) is 0 Å². The average Bonchev–Trinajstić information content (AvgIpc) is 3.09. The Morgan fingerprint density at radius 2 is 1.73 bits per heavy atom. The molecule has 0 radical (unpaired) electrons. The maximum absolute atomic E-state index is 12.8. The van der Waals surface area contributed by atoms with Crippen molar-refractivity contribution in [3.63, 3.8) is 0 Å². The Morgan fingerprint density at radius 3 is 2.39 bits per heavy atom. The van der Waals surface area contributed by atoms with Crippen LogP contribution >= 0.6 is 0 Å². The molecule has 1 aromatic carbocycles. The molecule has 6 nitrogen and oxygen atoms in total. The van der Waals surface area contributed by atoms with Crippen molar-refractivity contribution in [2.24, 2.45) is 0 Å². The molecule has 0 saturated carbocycles. The Hall–Kier alpha value is -2.08. The number of fused-ring (bicyclic) bond motifs is 4. The summed E-state index contributed by atoms with van der Waals surface area (Å²) in [7, 11) is 0. The van der Waals surface area contributed by atoms with Gasteiger partial charge in [-0.1, -0.05) is 31.2 Å². The summed E-state index contributed by atoms with van der Waals surface area (Å²) < 4.78 is 5.34. The summed E-state index contributed by atoms with van der Waals surface area (Å²) in [6.45, 7) is 8.20. The van der Waals surface area contributed by atoms with Crippen molar-refractivity contribution in [2.45, 2.75) is 95.3 Å². The zero-order valence-electron chi connectivity index (χ0n) is 20.3. The fraction of sp³-hybridized carbons (Fsp3) is 0.704. The SMILES string of the molecule is CCCC(=O)N1Cc2ccccc2C2(CCN(C3CC4CCC(C3)N4C(=O)OCC)CC2)C1. The molecule has 2 bridgehead atoms. The largest absolute Gasteiger partial charge is 0.450 e. The highest BCUT2D eigenvalue weighted by molar-refractivity contribution is 5.76. The predicted octanol–water partition coefficient (Wildman–Crippen LogP) is 4.31. The summed E-state index contributed by atoms with van der Waals surface area (Å²) in [5.74, 6) is 0.303. The molecule has 180 valence electrons. The van der Waals surface area contributed by atoms with Gasteiger partial charge in [0.25, 0.3) is 0 Å². The molecule has 0 aromatic heterocycles. The number of hydrogen-bond donors (Lipinski definition) is 0. The second-order valence-electron chi connectivity index (χ2n) is 10.6. The number of rotatable bonds is 4. The van der Waals surface area contributed by atoms with Gasteiger partial charge >= 0.3 is 6.09 Å². The van der Waals surface area contributed by atoms with Crippen molar-refractivity contribution in [1.82, 2.24) is 14.7 Å². The summed E-state index contributed by atoms with van der Waals surface area (Å²) in [5.41, 5.74) is 2.89. The van der Waals surface area contributed by atoms with Crippen molar-refractivity contribution >= 4 is 12.0 Å². The minimum Gasteiger partial charge on any atom is -0.450 e. The number of likely N-dealkylation sites (tertiary alicyclic amines) is 1. The van der Waals surface area contributed by atoms with Crippen LogP contribution in [0.4, 0.5) is 4.79 Å². The average molecular weight is 454 g/mol. The van der Waals surface area contributed by atoms with E-state index in [9.17, 15) is 9.59 Å². The van der Waals surface area contributed by atoms with Gasteiger partial charge in [-0.3, -0.25) is 4.79 Å². The van der Waals surface area contributed by atoms with Gasteiger partial charge in [0.05, 0.1) is 6.61 Å². The van der Waals surface area contributed by atoms with Crippen molar-refractivity contribution < 1.29 is 14.3 Å². The summed E-state index contributed by atoms with van der Waals surface area (Å²) in [4.78, 5) is 32.1. The Morgan fingerprint density at radius 1 is 1.03 bits per heavy atom. The van der Waals surface area contributed by atoms with Crippen LogP contribution in [0.5, 0.6) is 0 Å². The molecule has 5 rings (SSSR count). The van der Waals surface area contributed by atoms with Crippen molar-refractivity contribution in [3.05, 3.63) is 35.4 Å².